The van der Waals surface area contributed by atoms with E-state index in [1.165, 1.54) is 6.07 Å². The molecule has 0 aliphatic heterocycles. The molecule has 0 bridgehead atoms. The number of sulfonamides is 1. The molecule has 0 saturated carbocycles. The summed E-state index contributed by atoms with van der Waals surface area (Å²) in [7, 11) is -3.78. The molecule has 0 amide bonds. The van der Waals surface area contributed by atoms with Crippen LogP contribution in [0.3, 0.4) is 0 Å². The lowest BCUT2D eigenvalue weighted by molar-refractivity contribution is -0.136. The van der Waals surface area contributed by atoms with Gasteiger partial charge in [-0.15, -0.1) is 12.4 Å². The molecule has 8 heteroatoms. The van der Waals surface area contributed by atoms with Gasteiger partial charge in [-0.25, -0.2) is 18.1 Å². The third kappa shape index (κ3) is 4.82. The number of aliphatic carboxylic acids is 1. The lowest BCUT2D eigenvalue weighted by Crippen LogP contribution is -2.26. The van der Waals surface area contributed by atoms with Crippen molar-refractivity contribution in [2.75, 3.05) is 6.54 Å². The zero-order valence-electron chi connectivity index (χ0n) is 14.5. The number of hydrogen-bond donors (Lipinski definition) is 2. The van der Waals surface area contributed by atoms with Crippen LogP contribution in [-0.2, 0) is 14.8 Å². The lowest BCUT2D eigenvalue weighted by atomic mass is 10.1. The van der Waals surface area contributed by atoms with Gasteiger partial charge in [-0.1, -0.05) is 30.3 Å². The Balaban J connectivity index is 0.00000261. The average Bonchev–Trinajstić information content (AvgIpc) is 2.61. The number of aryl methyl sites for hydroxylation is 1. The first-order valence-electron chi connectivity index (χ1n) is 8.05. The van der Waals surface area contributed by atoms with Crippen molar-refractivity contribution in [1.82, 2.24) is 9.71 Å². The second kappa shape index (κ2) is 8.47. The standard InChI is InChI=1S/C19H18N2O4S.ClH/c1-13-11-18(21-17-8-3-2-7-16(13)17)14-5-4-6-15(12-14)26(24,25)20-10-9-19(22)23;/h2-8,11-12,20H,9-10H2,1H3,(H,22,23);1H. The van der Waals surface area contributed by atoms with E-state index in [4.69, 9.17) is 5.11 Å². The highest BCUT2D eigenvalue weighted by Gasteiger charge is 2.15. The van der Waals surface area contributed by atoms with Gasteiger partial charge in [-0.3, -0.25) is 4.79 Å². The van der Waals surface area contributed by atoms with Crippen LogP contribution >= 0.6 is 12.4 Å². The number of benzene rings is 2. The van der Waals surface area contributed by atoms with Gasteiger partial charge in [0, 0.05) is 17.5 Å². The maximum atomic E-state index is 12.4. The summed E-state index contributed by atoms with van der Waals surface area (Å²) in [6.45, 7) is 1.83. The molecule has 0 radical (unpaired) electrons. The molecule has 3 aromatic rings. The van der Waals surface area contributed by atoms with Gasteiger partial charge in [0.15, 0.2) is 0 Å². The monoisotopic (exact) mass is 406 g/mol. The van der Waals surface area contributed by atoms with E-state index >= 15 is 0 Å². The molecule has 2 aromatic carbocycles. The van der Waals surface area contributed by atoms with Crippen molar-refractivity contribution in [3.05, 3.63) is 60.2 Å². The maximum absolute atomic E-state index is 12.4. The molecule has 0 unspecified atom stereocenters. The number of hydrogen-bond acceptors (Lipinski definition) is 4. The molecule has 2 N–H and O–H groups in total. The van der Waals surface area contributed by atoms with E-state index in [9.17, 15) is 13.2 Å². The first kappa shape index (κ1) is 20.8. The highest BCUT2D eigenvalue weighted by Crippen LogP contribution is 2.25. The van der Waals surface area contributed by atoms with Crippen molar-refractivity contribution in [3.8, 4) is 11.3 Å². The van der Waals surface area contributed by atoms with E-state index in [2.05, 4.69) is 9.71 Å². The van der Waals surface area contributed by atoms with Crippen LogP contribution < -0.4 is 4.72 Å². The minimum Gasteiger partial charge on any atom is -0.481 e. The molecule has 0 spiro atoms. The number of pyridine rings is 1. The van der Waals surface area contributed by atoms with E-state index in [0.717, 1.165) is 16.5 Å². The van der Waals surface area contributed by atoms with Crippen LogP contribution in [0.25, 0.3) is 22.2 Å². The number of nitrogens with zero attached hydrogens (tertiary/aromatic N) is 1. The summed E-state index contributed by atoms with van der Waals surface area (Å²) in [5.41, 5.74) is 3.26. The van der Waals surface area contributed by atoms with E-state index in [1.54, 1.807) is 18.2 Å². The number of nitrogens with one attached hydrogen (secondary N) is 1. The van der Waals surface area contributed by atoms with Crippen LogP contribution in [0, 0.1) is 6.92 Å². The third-order valence-electron chi connectivity index (χ3n) is 3.99. The Labute approximate surface area is 163 Å². The predicted molar refractivity (Wildman–Crippen MR) is 107 cm³/mol. The summed E-state index contributed by atoms with van der Waals surface area (Å²) in [6.07, 6.45) is -0.273. The molecular weight excluding hydrogens is 388 g/mol. The fraction of sp³-hybridized carbons (Fsp3) is 0.158. The lowest BCUT2D eigenvalue weighted by Gasteiger charge is -2.09. The number of fused-ring (bicyclic) bond motifs is 1. The molecule has 1 heterocycles. The molecule has 6 nitrogen and oxygen atoms in total. The molecule has 0 atom stereocenters. The normalized spacial score (nSPS) is 11.1. The second-order valence-corrected chi connectivity index (χ2v) is 7.68. The quantitative estimate of drug-likeness (QED) is 0.654. The average molecular weight is 407 g/mol. The van der Waals surface area contributed by atoms with Crippen LogP contribution in [0.4, 0.5) is 0 Å². The summed E-state index contributed by atoms with van der Waals surface area (Å²) in [5, 5.41) is 9.69. The number of aromatic nitrogens is 1. The molecule has 0 fully saturated rings. The SMILES string of the molecule is Cc1cc(-c2cccc(S(=O)(=O)NCCC(=O)O)c2)nc2ccccc12.Cl. The molecule has 142 valence electrons. The molecule has 0 saturated heterocycles. The molecule has 3 rings (SSSR count). The largest absolute Gasteiger partial charge is 0.481 e. The zero-order valence-corrected chi connectivity index (χ0v) is 16.2. The van der Waals surface area contributed by atoms with E-state index in [1.807, 2.05) is 37.3 Å². The molecule has 0 aliphatic rings. The Hall–Kier alpha value is -2.48. The Morgan fingerprint density at radius 1 is 1.11 bits per heavy atom. The number of carboxylic acids is 1. The van der Waals surface area contributed by atoms with Gasteiger partial charge in [0.05, 0.1) is 22.5 Å². The molecule has 0 aliphatic carbocycles. The van der Waals surface area contributed by atoms with E-state index in [0.29, 0.717) is 11.3 Å². The van der Waals surface area contributed by atoms with E-state index in [-0.39, 0.29) is 30.3 Å². The van der Waals surface area contributed by atoms with Crippen molar-refractivity contribution in [2.45, 2.75) is 18.2 Å². The summed E-state index contributed by atoms with van der Waals surface area (Å²) in [5.74, 6) is -1.06. The van der Waals surface area contributed by atoms with Gasteiger partial charge in [0.2, 0.25) is 10.0 Å². The summed E-state index contributed by atoms with van der Waals surface area (Å²) >= 11 is 0. The summed E-state index contributed by atoms with van der Waals surface area (Å²) in [4.78, 5) is 15.3. The number of carboxylic acid groups (broad SMARTS) is 1. The minimum absolute atomic E-state index is 0. The number of carbonyl (C=O) groups is 1. The smallest absolute Gasteiger partial charge is 0.304 e. The highest BCUT2D eigenvalue weighted by atomic mass is 35.5. The van der Waals surface area contributed by atoms with Crippen molar-refractivity contribution in [3.63, 3.8) is 0 Å². The minimum atomic E-state index is -3.78. The fourth-order valence-electron chi connectivity index (χ4n) is 2.70. The Bertz CT molecular complexity index is 1080. The second-order valence-electron chi connectivity index (χ2n) is 5.91. The van der Waals surface area contributed by atoms with Gasteiger partial charge >= 0.3 is 5.97 Å². The van der Waals surface area contributed by atoms with Crippen LogP contribution in [0.5, 0.6) is 0 Å². The van der Waals surface area contributed by atoms with Crippen LogP contribution in [-0.4, -0.2) is 31.0 Å². The van der Waals surface area contributed by atoms with Gasteiger partial charge in [-0.2, -0.15) is 0 Å². The topological polar surface area (TPSA) is 96.4 Å². The van der Waals surface area contributed by atoms with E-state index < -0.39 is 16.0 Å². The molecule has 27 heavy (non-hydrogen) atoms. The summed E-state index contributed by atoms with van der Waals surface area (Å²) in [6, 6.07) is 16.2. The Morgan fingerprint density at radius 3 is 2.59 bits per heavy atom. The van der Waals surface area contributed by atoms with Crippen molar-refractivity contribution >= 4 is 39.3 Å². The van der Waals surface area contributed by atoms with Gasteiger partial charge in [-0.05, 0) is 36.8 Å². The summed E-state index contributed by atoms with van der Waals surface area (Å²) < 4.78 is 27.0. The van der Waals surface area contributed by atoms with Crippen LogP contribution in [0.2, 0.25) is 0 Å². The van der Waals surface area contributed by atoms with Crippen LogP contribution in [0.1, 0.15) is 12.0 Å². The van der Waals surface area contributed by atoms with Crippen molar-refractivity contribution < 1.29 is 18.3 Å². The number of rotatable bonds is 6. The molecular formula is C19H19ClN2O4S. The maximum Gasteiger partial charge on any atom is 0.304 e. The zero-order chi connectivity index (χ0) is 18.7. The molecule has 1 aromatic heterocycles. The third-order valence-corrected chi connectivity index (χ3v) is 5.45. The Morgan fingerprint density at radius 2 is 1.85 bits per heavy atom. The van der Waals surface area contributed by atoms with Gasteiger partial charge < -0.3 is 5.11 Å². The van der Waals surface area contributed by atoms with Crippen molar-refractivity contribution in [1.29, 1.82) is 0 Å². The predicted octanol–water partition coefficient (Wildman–Crippen LogP) is 3.39. The van der Waals surface area contributed by atoms with Gasteiger partial charge in [0.25, 0.3) is 0 Å². The Kier molecular flexibility index (Phi) is 6.54. The van der Waals surface area contributed by atoms with Gasteiger partial charge in [0.1, 0.15) is 0 Å². The van der Waals surface area contributed by atoms with Crippen molar-refractivity contribution in [2.24, 2.45) is 0 Å². The number of para-hydroxylation sites is 1. The fourth-order valence-corrected chi connectivity index (χ4v) is 3.77. The first-order chi connectivity index (χ1) is 12.4. The highest BCUT2D eigenvalue weighted by molar-refractivity contribution is 7.89. The van der Waals surface area contributed by atoms with Crippen LogP contribution in [0.15, 0.2) is 59.5 Å². The first-order valence-corrected chi connectivity index (χ1v) is 9.53. The number of halogens is 1.